The van der Waals surface area contributed by atoms with Crippen LogP contribution >= 0.6 is 0 Å². The van der Waals surface area contributed by atoms with Crippen LogP contribution in [0, 0.1) is 0 Å². The summed E-state index contributed by atoms with van der Waals surface area (Å²) in [6, 6.07) is 12.7. The van der Waals surface area contributed by atoms with Crippen LogP contribution in [-0.4, -0.2) is 35.8 Å². The summed E-state index contributed by atoms with van der Waals surface area (Å²) in [5, 5.41) is 21.0. The van der Waals surface area contributed by atoms with Crippen LogP contribution in [0.15, 0.2) is 48.5 Å². The summed E-state index contributed by atoms with van der Waals surface area (Å²) in [5.41, 5.74) is 2.25. The molecule has 0 spiro atoms. The molecule has 0 aliphatic rings. The molecule has 2 rings (SSSR count). The van der Waals surface area contributed by atoms with Gasteiger partial charge in [0.15, 0.2) is 0 Å². The quantitative estimate of drug-likeness (QED) is 0.763. The molecule has 0 aromatic heterocycles. The van der Waals surface area contributed by atoms with Crippen LogP contribution in [0.25, 0.3) is 11.1 Å². The van der Waals surface area contributed by atoms with Gasteiger partial charge in [-0.15, -0.1) is 13.2 Å². The summed E-state index contributed by atoms with van der Waals surface area (Å²) in [7, 11) is 0. The van der Waals surface area contributed by atoms with E-state index >= 15 is 0 Å². The molecule has 3 N–H and O–H groups in total. The Kier molecular flexibility index (Phi) is 5.46. The van der Waals surface area contributed by atoms with Gasteiger partial charge in [0.1, 0.15) is 5.75 Å². The number of aliphatic hydroxyl groups is 2. The third-order valence-corrected chi connectivity index (χ3v) is 3.04. The number of alkyl halides is 3. The van der Waals surface area contributed by atoms with E-state index in [1.807, 2.05) is 6.07 Å². The van der Waals surface area contributed by atoms with Gasteiger partial charge in [-0.3, -0.25) is 0 Å². The minimum atomic E-state index is -4.71. The molecule has 0 saturated carbocycles. The molecule has 1 atom stereocenters. The first-order valence-electron chi connectivity index (χ1n) is 6.86. The van der Waals surface area contributed by atoms with E-state index < -0.39 is 12.5 Å². The number of benzene rings is 2. The fourth-order valence-corrected chi connectivity index (χ4v) is 1.96. The second kappa shape index (κ2) is 7.34. The Morgan fingerprint density at radius 2 is 1.74 bits per heavy atom. The number of anilines is 1. The molecule has 0 fully saturated rings. The van der Waals surface area contributed by atoms with E-state index in [4.69, 9.17) is 5.11 Å². The molecule has 0 radical (unpaired) electrons. The molecule has 2 aromatic carbocycles. The van der Waals surface area contributed by atoms with Crippen molar-refractivity contribution < 1.29 is 28.1 Å². The van der Waals surface area contributed by atoms with Gasteiger partial charge in [0.25, 0.3) is 0 Å². The topological polar surface area (TPSA) is 61.7 Å². The van der Waals surface area contributed by atoms with Gasteiger partial charge >= 0.3 is 6.36 Å². The van der Waals surface area contributed by atoms with Gasteiger partial charge in [0, 0.05) is 12.2 Å². The molecule has 0 saturated heterocycles. The zero-order chi connectivity index (χ0) is 16.9. The highest BCUT2D eigenvalue weighted by Gasteiger charge is 2.30. The largest absolute Gasteiger partial charge is 0.573 e. The molecule has 7 heteroatoms. The molecule has 0 heterocycles. The average Bonchev–Trinajstić information content (AvgIpc) is 2.52. The van der Waals surface area contributed by atoms with E-state index in [0.717, 1.165) is 16.8 Å². The summed E-state index contributed by atoms with van der Waals surface area (Å²) >= 11 is 0. The SMILES string of the molecule is OCC(O)CNc1cccc(-c2ccc(OC(F)(F)F)cc2)c1. The van der Waals surface area contributed by atoms with E-state index in [9.17, 15) is 18.3 Å². The van der Waals surface area contributed by atoms with Crippen LogP contribution in [0.4, 0.5) is 18.9 Å². The normalized spacial score (nSPS) is 12.7. The first-order chi connectivity index (χ1) is 10.9. The van der Waals surface area contributed by atoms with Crippen molar-refractivity contribution in [3.05, 3.63) is 48.5 Å². The Hall–Kier alpha value is -2.25. The summed E-state index contributed by atoms with van der Waals surface area (Å²) in [6.45, 7) is -0.147. The van der Waals surface area contributed by atoms with Crippen molar-refractivity contribution in [1.82, 2.24) is 0 Å². The first-order valence-corrected chi connectivity index (χ1v) is 6.86. The zero-order valence-corrected chi connectivity index (χ0v) is 12.0. The highest BCUT2D eigenvalue weighted by molar-refractivity contribution is 5.68. The zero-order valence-electron chi connectivity index (χ0n) is 12.0. The van der Waals surface area contributed by atoms with Crippen molar-refractivity contribution in [2.75, 3.05) is 18.5 Å². The van der Waals surface area contributed by atoms with Gasteiger partial charge in [-0.1, -0.05) is 24.3 Å². The number of aliphatic hydroxyl groups excluding tert-OH is 2. The molecule has 124 valence electrons. The molecule has 2 aromatic rings. The summed E-state index contributed by atoms with van der Waals surface area (Å²) in [5.74, 6) is -0.276. The van der Waals surface area contributed by atoms with Crippen molar-refractivity contribution in [3.63, 3.8) is 0 Å². The number of halogens is 3. The second-order valence-corrected chi connectivity index (χ2v) is 4.87. The number of hydrogen-bond acceptors (Lipinski definition) is 4. The Balaban J connectivity index is 2.09. The molecule has 0 bridgehead atoms. The fourth-order valence-electron chi connectivity index (χ4n) is 1.96. The maximum atomic E-state index is 12.1. The monoisotopic (exact) mass is 327 g/mol. The Morgan fingerprint density at radius 3 is 2.35 bits per heavy atom. The molecule has 0 amide bonds. The third kappa shape index (κ3) is 5.46. The third-order valence-electron chi connectivity index (χ3n) is 3.04. The maximum absolute atomic E-state index is 12.1. The van der Waals surface area contributed by atoms with Gasteiger partial charge in [0.05, 0.1) is 12.7 Å². The Bertz CT molecular complexity index is 629. The lowest BCUT2D eigenvalue weighted by Gasteiger charge is -2.12. The van der Waals surface area contributed by atoms with Crippen LogP contribution in [0.1, 0.15) is 0 Å². The number of rotatable bonds is 6. The van der Waals surface area contributed by atoms with E-state index in [-0.39, 0.29) is 18.9 Å². The van der Waals surface area contributed by atoms with Crippen molar-refractivity contribution in [2.45, 2.75) is 12.5 Å². The minimum Gasteiger partial charge on any atom is -0.406 e. The standard InChI is InChI=1S/C16H16F3NO3/c17-16(18,19)23-15-6-4-11(5-7-15)12-2-1-3-13(8-12)20-9-14(22)10-21/h1-8,14,20-22H,9-10H2. The molecular weight excluding hydrogens is 311 g/mol. The van der Waals surface area contributed by atoms with E-state index in [1.54, 1.807) is 18.2 Å². The van der Waals surface area contributed by atoms with Crippen LogP contribution in [0.3, 0.4) is 0 Å². The Labute approximate surface area is 131 Å². The smallest absolute Gasteiger partial charge is 0.406 e. The molecular formula is C16H16F3NO3. The number of hydrogen-bond donors (Lipinski definition) is 3. The lowest BCUT2D eigenvalue weighted by Crippen LogP contribution is -2.22. The van der Waals surface area contributed by atoms with E-state index in [1.165, 1.54) is 24.3 Å². The summed E-state index contributed by atoms with van der Waals surface area (Å²) in [6.07, 6.45) is -5.57. The fraction of sp³-hybridized carbons (Fsp3) is 0.250. The van der Waals surface area contributed by atoms with Gasteiger partial charge in [-0.2, -0.15) is 0 Å². The van der Waals surface area contributed by atoms with Crippen molar-refractivity contribution in [3.8, 4) is 16.9 Å². The maximum Gasteiger partial charge on any atom is 0.573 e. The summed E-state index contributed by atoms with van der Waals surface area (Å²) < 4.78 is 40.2. The number of nitrogens with one attached hydrogen (secondary N) is 1. The van der Waals surface area contributed by atoms with Crippen LogP contribution in [0.5, 0.6) is 5.75 Å². The van der Waals surface area contributed by atoms with Crippen molar-refractivity contribution in [2.24, 2.45) is 0 Å². The molecule has 1 unspecified atom stereocenters. The van der Waals surface area contributed by atoms with E-state index in [0.29, 0.717) is 0 Å². The van der Waals surface area contributed by atoms with E-state index in [2.05, 4.69) is 10.1 Å². The van der Waals surface area contributed by atoms with Gasteiger partial charge in [-0.05, 0) is 35.4 Å². The predicted octanol–water partition coefficient (Wildman–Crippen LogP) is 3.02. The van der Waals surface area contributed by atoms with Crippen LogP contribution in [0.2, 0.25) is 0 Å². The Morgan fingerprint density at radius 1 is 1.04 bits per heavy atom. The number of ether oxygens (including phenoxy) is 1. The minimum absolute atomic E-state index is 0.193. The summed E-state index contributed by atoms with van der Waals surface area (Å²) in [4.78, 5) is 0. The van der Waals surface area contributed by atoms with Gasteiger partial charge < -0.3 is 20.3 Å². The van der Waals surface area contributed by atoms with Gasteiger partial charge in [0.2, 0.25) is 0 Å². The second-order valence-electron chi connectivity index (χ2n) is 4.87. The predicted molar refractivity (Wildman–Crippen MR) is 80.1 cm³/mol. The van der Waals surface area contributed by atoms with Crippen LogP contribution < -0.4 is 10.1 Å². The molecule has 0 aliphatic heterocycles. The highest BCUT2D eigenvalue weighted by Crippen LogP contribution is 2.27. The lowest BCUT2D eigenvalue weighted by molar-refractivity contribution is -0.274. The first kappa shape index (κ1) is 17.1. The van der Waals surface area contributed by atoms with Crippen molar-refractivity contribution >= 4 is 5.69 Å². The lowest BCUT2D eigenvalue weighted by atomic mass is 10.0. The molecule has 23 heavy (non-hydrogen) atoms. The molecule has 0 aliphatic carbocycles. The highest BCUT2D eigenvalue weighted by atomic mass is 19.4. The average molecular weight is 327 g/mol. The van der Waals surface area contributed by atoms with Crippen LogP contribution in [-0.2, 0) is 0 Å². The van der Waals surface area contributed by atoms with Gasteiger partial charge in [-0.25, -0.2) is 0 Å². The van der Waals surface area contributed by atoms with Crippen molar-refractivity contribution in [1.29, 1.82) is 0 Å². The molecule has 4 nitrogen and oxygen atoms in total.